The standard InChI is InChI=1S/C20H25N3O4S2/c1-2-14-29(26,27)23-11-9-15(10-12-23)21-19(24)16-6-3-4-7-17(16)22-20(25)18-8-5-13-28-18/h3-8,13,15H,2,9-12,14H2,1H3,(H,21,24)(H,22,25). The average molecular weight is 436 g/mol. The maximum absolute atomic E-state index is 12.8. The van der Waals surface area contributed by atoms with Gasteiger partial charge in [-0.1, -0.05) is 25.1 Å². The average Bonchev–Trinajstić information content (AvgIpc) is 3.24. The first kappa shape index (κ1) is 21.5. The summed E-state index contributed by atoms with van der Waals surface area (Å²) in [6.45, 7) is 2.66. The summed E-state index contributed by atoms with van der Waals surface area (Å²) in [7, 11) is -3.21. The predicted octanol–water partition coefficient (Wildman–Crippen LogP) is 2.93. The second-order valence-corrected chi connectivity index (χ2v) is 9.98. The van der Waals surface area contributed by atoms with Crippen LogP contribution < -0.4 is 10.6 Å². The lowest BCUT2D eigenvalue weighted by Gasteiger charge is -2.31. The Hall–Kier alpha value is -2.23. The van der Waals surface area contributed by atoms with Crippen LogP contribution in [0.1, 0.15) is 46.2 Å². The van der Waals surface area contributed by atoms with Gasteiger partial charge in [-0.2, -0.15) is 0 Å². The van der Waals surface area contributed by atoms with Gasteiger partial charge in [0.05, 0.1) is 21.9 Å². The molecule has 1 aliphatic heterocycles. The molecule has 0 aliphatic carbocycles. The fraction of sp³-hybridized carbons (Fsp3) is 0.400. The van der Waals surface area contributed by atoms with Crippen LogP contribution in [0.5, 0.6) is 0 Å². The van der Waals surface area contributed by atoms with E-state index in [2.05, 4.69) is 10.6 Å². The van der Waals surface area contributed by atoms with Crippen LogP contribution in [-0.4, -0.2) is 49.4 Å². The van der Waals surface area contributed by atoms with Crippen molar-refractivity contribution in [1.82, 2.24) is 9.62 Å². The highest BCUT2D eigenvalue weighted by Gasteiger charge is 2.28. The van der Waals surface area contributed by atoms with Crippen molar-refractivity contribution in [2.24, 2.45) is 0 Å². The van der Waals surface area contributed by atoms with Crippen LogP contribution in [0.4, 0.5) is 5.69 Å². The molecule has 0 unspecified atom stereocenters. The van der Waals surface area contributed by atoms with Crippen molar-refractivity contribution < 1.29 is 18.0 Å². The molecule has 0 bridgehead atoms. The number of nitrogens with one attached hydrogen (secondary N) is 2. The molecule has 2 aromatic rings. The molecule has 0 radical (unpaired) electrons. The van der Waals surface area contributed by atoms with Gasteiger partial charge in [0.1, 0.15) is 0 Å². The van der Waals surface area contributed by atoms with Gasteiger partial charge in [0.15, 0.2) is 0 Å². The number of carbonyl (C=O) groups excluding carboxylic acids is 2. The van der Waals surface area contributed by atoms with Gasteiger partial charge in [0.2, 0.25) is 10.0 Å². The molecule has 2 N–H and O–H groups in total. The Balaban J connectivity index is 1.61. The van der Waals surface area contributed by atoms with Crippen molar-refractivity contribution >= 4 is 38.9 Å². The maximum Gasteiger partial charge on any atom is 0.265 e. The highest BCUT2D eigenvalue weighted by molar-refractivity contribution is 7.89. The van der Waals surface area contributed by atoms with Gasteiger partial charge in [-0.25, -0.2) is 12.7 Å². The van der Waals surface area contributed by atoms with Crippen molar-refractivity contribution in [2.45, 2.75) is 32.2 Å². The second-order valence-electron chi connectivity index (χ2n) is 6.94. The largest absolute Gasteiger partial charge is 0.349 e. The minimum atomic E-state index is -3.21. The number of para-hydroxylation sites is 1. The van der Waals surface area contributed by atoms with Crippen LogP contribution in [0.25, 0.3) is 0 Å². The quantitative estimate of drug-likeness (QED) is 0.699. The van der Waals surface area contributed by atoms with Gasteiger partial charge in [0, 0.05) is 19.1 Å². The van der Waals surface area contributed by atoms with Crippen LogP contribution in [-0.2, 0) is 10.0 Å². The summed E-state index contributed by atoms with van der Waals surface area (Å²) in [5, 5.41) is 7.59. The third-order valence-corrected chi connectivity index (χ3v) is 7.75. The highest BCUT2D eigenvalue weighted by Crippen LogP contribution is 2.20. The molecular formula is C20H25N3O4S2. The number of benzene rings is 1. The van der Waals surface area contributed by atoms with Gasteiger partial charge in [-0.05, 0) is 42.8 Å². The van der Waals surface area contributed by atoms with Gasteiger partial charge in [0.25, 0.3) is 11.8 Å². The minimum absolute atomic E-state index is 0.100. The Morgan fingerprint density at radius 2 is 1.83 bits per heavy atom. The number of sulfonamides is 1. The first-order chi connectivity index (χ1) is 13.9. The van der Waals surface area contributed by atoms with Crippen molar-refractivity contribution in [3.63, 3.8) is 0 Å². The van der Waals surface area contributed by atoms with Gasteiger partial charge in [-0.15, -0.1) is 11.3 Å². The molecule has 1 aromatic carbocycles. The molecule has 156 valence electrons. The number of amides is 2. The van der Waals surface area contributed by atoms with Crippen molar-refractivity contribution in [1.29, 1.82) is 0 Å². The molecule has 3 rings (SSSR count). The lowest BCUT2D eigenvalue weighted by Crippen LogP contribution is -2.47. The molecule has 1 aromatic heterocycles. The molecule has 1 aliphatic rings. The Labute approximate surface area is 175 Å². The molecule has 7 nitrogen and oxygen atoms in total. The van der Waals surface area contributed by atoms with E-state index in [1.54, 1.807) is 36.4 Å². The molecule has 2 heterocycles. The molecule has 29 heavy (non-hydrogen) atoms. The molecule has 0 atom stereocenters. The molecule has 1 saturated heterocycles. The van der Waals surface area contributed by atoms with E-state index in [-0.39, 0.29) is 23.6 Å². The van der Waals surface area contributed by atoms with Crippen LogP contribution >= 0.6 is 11.3 Å². The van der Waals surface area contributed by atoms with E-state index in [0.717, 1.165) is 0 Å². The van der Waals surface area contributed by atoms with E-state index in [1.165, 1.54) is 15.6 Å². The number of hydrogen-bond donors (Lipinski definition) is 2. The number of carbonyl (C=O) groups is 2. The lowest BCUT2D eigenvalue weighted by atomic mass is 10.1. The summed E-state index contributed by atoms with van der Waals surface area (Å²) in [5.74, 6) is -0.377. The molecule has 0 saturated carbocycles. The number of piperidine rings is 1. The summed E-state index contributed by atoms with van der Waals surface area (Å²) in [6, 6.07) is 10.3. The Morgan fingerprint density at radius 1 is 1.10 bits per heavy atom. The lowest BCUT2D eigenvalue weighted by molar-refractivity contribution is 0.0924. The summed E-state index contributed by atoms with van der Waals surface area (Å²) >= 11 is 1.33. The number of rotatable bonds is 7. The Kier molecular flexibility index (Phi) is 7.05. The smallest absolute Gasteiger partial charge is 0.265 e. The molecular weight excluding hydrogens is 410 g/mol. The Bertz CT molecular complexity index is 950. The Morgan fingerprint density at radius 3 is 2.48 bits per heavy atom. The van der Waals surface area contributed by atoms with E-state index in [9.17, 15) is 18.0 Å². The molecule has 1 fully saturated rings. The predicted molar refractivity (Wildman–Crippen MR) is 115 cm³/mol. The number of thiophene rings is 1. The first-order valence-electron chi connectivity index (χ1n) is 9.63. The minimum Gasteiger partial charge on any atom is -0.349 e. The third kappa shape index (κ3) is 5.43. The van der Waals surface area contributed by atoms with Crippen LogP contribution in [0.2, 0.25) is 0 Å². The summed E-state index contributed by atoms with van der Waals surface area (Å²) in [5.41, 5.74) is 0.838. The first-order valence-corrected chi connectivity index (χ1v) is 12.1. The molecule has 0 spiro atoms. The van der Waals surface area contributed by atoms with E-state index in [1.807, 2.05) is 12.3 Å². The zero-order valence-electron chi connectivity index (χ0n) is 16.3. The normalized spacial score (nSPS) is 15.8. The van der Waals surface area contributed by atoms with Gasteiger partial charge >= 0.3 is 0 Å². The fourth-order valence-electron chi connectivity index (χ4n) is 3.31. The van der Waals surface area contributed by atoms with Gasteiger partial charge in [-0.3, -0.25) is 9.59 Å². The van der Waals surface area contributed by atoms with Crippen molar-refractivity contribution in [3.05, 3.63) is 52.2 Å². The number of hydrogen-bond acceptors (Lipinski definition) is 5. The fourth-order valence-corrected chi connectivity index (χ4v) is 5.47. The summed E-state index contributed by atoms with van der Waals surface area (Å²) < 4.78 is 25.9. The van der Waals surface area contributed by atoms with Crippen molar-refractivity contribution in [2.75, 3.05) is 24.2 Å². The molecule has 9 heteroatoms. The molecule has 2 amide bonds. The van der Waals surface area contributed by atoms with Crippen LogP contribution in [0.15, 0.2) is 41.8 Å². The summed E-state index contributed by atoms with van der Waals surface area (Å²) in [6.07, 6.45) is 1.73. The van der Waals surface area contributed by atoms with E-state index in [0.29, 0.717) is 48.5 Å². The van der Waals surface area contributed by atoms with E-state index in [4.69, 9.17) is 0 Å². The third-order valence-electron chi connectivity index (χ3n) is 4.81. The SMILES string of the molecule is CCCS(=O)(=O)N1CCC(NC(=O)c2ccccc2NC(=O)c2cccs2)CC1. The number of anilines is 1. The van der Waals surface area contributed by atoms with Crippen molar-refractivity contribution in [3.8, 4) is 0 Å². The monoisotopic (exact) mass is 435 g/mol. The number of nitrogens with zero attached hydrogens (tertiary/aromatic N) is 1. The van der Waals surface area contributed by atoms with E-state index < -0.39 is 10.0 Å². The maximum atomic E-state index is 12.8. The van der Waals surface area contributed by atoms with Crippen LogP contribution in [0.3, 0.4) is 0 Å². The van der Waals surface area contributed by atoms with Gasteiger partial charge < -0.3 is 10.6 Å². The van der Waals surface area contributed by atoms with Crippen LogP contribution in [0, 0.1) is 0 Å². The zero-order valence-corrected chi connectivity index (χ0v) is 17.9. The zero-order chi connectivity index (χ0) is 20.9. The topological polar surface area (TPSA) is 95.6 Å². The summed E-state index contributed by atoms with van der Waals surface area (Å²) in [4.78, 5) is 25.7. The second kappa shape index (κ2) is 9.51. The highest BCUT2D eigenvalue weighted by atomic mass is 32.2. The van der Waals surface area contributed by atoms with E-state index >= 15 is 0 Å².